The van der Waals surface area contributed by atoms with E-state index in [2.05, 4.69) is 5.32 Å². The number of sulfonamides is 1. The van der Waals surface area contributed by atoms with Gasteiger partial charge in [-0.25, -0.2) is 8.42 Å². The van der Waals surface area contributed by atoms with Gasteiger partial charge in [-0.05, 0) is 43.7 Å². The first kappa shape index (κ1) is 17.1. The lowest BCUT2D eigenvalue weighted by molar-refractivity contribution is 0.185. The second-order valence-electron chi connectivity index (χ2n) is 4.89. The number of nitrogens with one attached hydrogen (secondary N) is 1. The molecule has 0 aliphatic carbocycles. The van der Waals surface area contributed by atoms with Crippen LogP contribution in [0.4, 0.5) is 0 Å². The van der Waals surface area contributed by atoms with Crippen LogP contribution < -0.4 is 5.32 Å². The first-order chi connectivity index (χ1) is 9.34. The van der Waals surface area contributed by atoms with E-state index in [1.165, 1.54) is 4.31 Å². The molecule has 5 nitrogen and oxygen atoms in total. The quantitative estimate of drug-likeness (QED) is 0.824. The Morgan fingerprint density at radius 3 is 2.50 bits per heavy atom. The van der Waals surface area contributed by atoms with E-state index in [1.807, 2.05) is 27.0 Å². The molecule has 20 heavy (non-hydrogen) atoms. The number of aryl methyl sites for hydroxylation is 1. The second kappa shape index (κ2) is 7.17. The monoisotopic (exact) mass is 300 g/mol. The Morgan fingerprint density at radius 2 is 1.95 bits per heavy atom. The van der Waals surface area contributed by atoms with E-state index >= 15 is 0 Å². The molecule has 0 atom stereocenters. The highest BCUT2D eigenvalue weighted by atomic mass is 32.2. The van der Waals surface area contributed by atoms with Gasteiger partial charge in [-0.2, -0.15) is 4.31 Å². The third-order valence-electron chi connectivity index (χ3n) is 3.36. The van der Waals surface area contributed by atoms with Crippen LogP contribution in [0.2, 0.25) is 0 Å². The summed E-state index contributed by atoms with van der Waals surface area (Å²) >= 11 is 0. The predicted octanol–water partition coefficient (Wildman–Crippen LogP) is 1.29. The van der Waals surface area contributed by atoms with Gasteiger partial charge in [0.25, 0.3) is 0 Å². The van der Waals surface area contributed by atoms with E-state index < -0.39 is 10.0 Å². The molecule has 1 aromatic rings. The van der Waals surface area contributed by atoms with Crippen molar-refractivity contribution >= 4 is 10.0 Å². The maximum Gasteiger partial charge on any atom is 0.243 e. The first-order valence-electron chi connectivity index (χ1n) is 6.54. The summed E-state index contributed by atoms with van der Waals surface area (Å²) in [6.07, 6.45) is 0. The molecular weight excluding hydrogens is 276 g/mol. The van der Waals surface area contributed by atoms with Gasteiger partial charge in [0.1, 0.15) is 0 Å². The van der Waals surface area contributed by atoms with E-state index in [9.17, 15) is 8.42 Å². The van der Waals surface area contributed by atoms with Crippen molar-refractivity contribution in [2.45, 2.75) is 25.3 Å². The second-order valence-corrected chi connectivity index (χ2v) is 6.90. The van der Waals surface area contributed by atoms with Crippen molar-refractivity contribution in [1.82, 2.24) is 9.62 Å². The number of hydrogen-bond donors (Lipinski definition) is 1. The highest BCUT2D eigenvalue weighted by Crippen LogP contribution is 2.23. The van der Waals surface area contributed by atoms with Crippen molar-refractivity contribution < 1.29 is 13.2 Å². The minimum atomic E-state index is -3.48. The zero-order valence-corrected chi connectivity index (χ0v) is 13.7. The van der Waals surface area contributed by atoms with Gasteiger partial charge in [-0.15, -0.1) is 0 Å². The molecule has 0 aromatic heterocycles. The SMILES string of the molecule is CNCc1cc(C)c(C)c(S(=O)(=O)N(C)CCOC)c1. The lowest BCUT2D eigenvalue weighted by Gasteiger charge is -2.20. The maximum absolute atomic E-state index is 12.6. The van der Waals surface area contributed by atoms with Gasteiger partial charge in [-0.3, -0.25) is 0 Å². The summed E-state index contributed by atoms with van der Waals surface area (Å²) in [4.78, 5) is 0.376. The molecule has 114 valence electrons. The zero-order chi connectivity index (χ0) is 15.3. The van der Waals surface area contributed by atoms with Crippen molar-refractivity contribution in [2.75, 3.05) is 34.4 Å². The Morgan fingerprint density at radius 1 is 1.30 bits per heavy atom. The van der Waals surface area contributed by atoms with Crippen LogP contribution in [0.25, 0.3) is 0 Å². The largest absolute Gasteiger partial charge is 0.383 e. The molecule has 0 amide bonds. The molecule has 0 spiro atoms. The van der Waals surface area contributed by atoms with Crippen LogP contribution in [-0.4, -0.2) is 47.1 Å². The van der Waals surface area contributed by atoms with E-state index in [1.54, 1.807) is 20.2 Å². The summed E-state index contributed by atoms with van der Waals surface area (Å²) in [7, 11) is 1.50. The summed E-state index contributed by atoms with van der Waals surface area (Å²) in [6, 6.07) is 3.76. The van der Waals surface area contributed by atoms with Crippen LogP contribution in [0, 0.1) is 13.8 Å². The Kier molecular flexibility index (Phi) is 6.13. The van der Waals surface area contributed by atoms with Crippen molar-refractivity contribution in [3.05, 3.63) is 28.8 Å². The van der Waals surface area contributed by atoms with Crippen molar-refractivity contribution in [2.24, 2.45) is 0 Å². The molecule has 0 fully saturated rings. The molecule has 0 bridgehead atoms. The lowest BCUT2D eigenvalue weighted by atomic mass is 10.1. The van der Waals surface area contributed by atoms with Crippen LogP contribution >= 0.6 is 0 Å². The Hall–Kier alpha value is -0.950. The Bertz CT molecular complexity index is 556. The smallest absolute Gasteiger partial charge is 0.243 e. The molecule has 0 heterocycles. The van der Waals surface area contributed by atoms with Crippen LogP contribution in [0.3, 0.4) is 0 Å². The van der Waals surface area contributed by atoms with Crippen molar-refractivity contribution in [3.63, 3.8) is 0 Å². The van der Waals surface area contributed by atoms with E-state index in [-0.39, 0.29) is 0 Å². The summed E-state index contributed by atoms with van der Waals surface area (Å²) in [6.45, 7) is 5.14. The average molecular weight is 300 g/mol. The molecule has 0 aliphatic heterocycles. The number of nitrogens with zero attached hydrogens (tertiary/aromatic N) is 1. The summed E-state index contributed by atoms with van der Waals surface area (Å²) in [5.74, 6) is 0. The Labute approximate surface area is 122 Å². The van der Waals surface area contributed by atoms with Crippen molar-refractivity contribution in [1.29, 1.82) is 0 Å². The van der Waals surface area contributed by atoms with Gasteiger partial charge in [0, 0.05) is 27.2 Å². The fourth-order valence-corrected chi connectivity index (χ4v) is 3.48. The number of rotatable bonds is 7. The highest BCUT2D eigenvalue weighted by molar-refractivity contribution is 7.89. The first-order valence-corrected chi connectivity index (χ1v) is 7.98. The third kappa shape index (κ3) is 3.79. The molecule has 0 unspecified atom stereocenters. The van der Waals surface area contributed by atoms with Crippen LogP contribution in [0.5, 0.6) is 0 Å². The number of likely N-dealkylation sites (N-methyl/N-ethyl adjacent to an activating group) is 1. The molecule has 0 saturated heterocycles. The average Bonchev–Trinajstić information content (AvgIpc) is 2.39. The molecule has 0 aliphatic rings. The summed E-state index contributed by atoms with van der Waals surface area (Å²) in [5, 5.41) is 3.04. The van der Waals surface area contributed by atoms with Gasteiger partial charge in [0.05, 0.1) is 11.5 Å². The topological polar surface area (TPSA) is 58.6 Å². The fourth-order valence-electron chi connectivity index (χ4n) is 1.98. The van der Waals surface area contributed by atoms with Crippen LogP contribution in [0.1, 0.15) is 16.7 Å². The predicted molar refractivity (Wildman–Crippen MR) is 80.4 cm³/mol. The normalized spacial score (nSPS) is 12.1. The van der Waals surface area contributed by atoms with Crippen molar-refractivity contribution in [3.8, 4) is 0 Å². The van der Waals surface area contributed by atoms with Gasteiger partial charge < -0.3 is 10.1 Å². The molecule has 1 rings (SSSR count). The number of hydrogen-bond acceptors (Lipinski definition) is 4. The van der Waals surface area contributed by atoms with E-state index in [0.717, 1.165) is 16.7 Å². The minimum Gasteiger partial charge on any atom is -0.383 e. The lowest BCUT2D eigenvalue weighted by Crippen LogP contribution is -2.30. The standard InChI is InChI=1S/C14H24N2O3S/c1-11-8-13(10-15-3)9-14(12(11)2)20(17,18)16(4)6-7-19-5/h8-9,15H,6-7,10H2,1-5H3. The minimum absolute atomic E-state index is 0.341. The molecule has 1 N–H and O–H groups in total. The molecule has 0 saturated carbocycles. The molecular formula is C14H24N2O3S. The van der Waals surface area contributed by atoms with E-state index in [0.29, 0.717) is 24.6 Å². The molecule has 1 aromatic carbocycles. The maximum atomic E-state index is 12.6. The van der Waals surface area contributed by atoms with Crippen LogP contribution in [-0.2, 0) is 21.3 Å². The third-order valence-corrected chi connectivity index (χ3v) is 5.34. The number of ether oxygens (including phenoxy) is 1. The zero-order valence-electron chi connectivity index (χ0n) is 12.9. The molecule has 0 radical (unpaired) electrons. The van der Waals surface area contributed by atoms with E-state index in [4.69, 9.17) is 4.74 Å². The summed E-state index contributed by atoms with van der Waals surface area (Å²) < 4.78 is 31.5. The van der Waals surface area contributed by atoms with Gasteiger partial charge in [0.15, 0.2) is 0 Å². The molecule has 6 heteroatoms. The highest BCUT2D eigenvalue weighted by Gasteiger charge is 2.23. The van der Waals surface area contributed by atoms with Gasteiger partial charge in [0.2, 0.25) is 10.0 Å². The fraction of sp³-hybridized carbons (Fsp3) is 0.571. The van der Waals surface area contributed by atoms with Gasteiger partial charge in [-0.1, -0.05) is 6.07 Å². The summed E-state index contributed by atoms with van der Waals surface area (Å²) in [5.41, 5.74) is 2.75. The van der Waals surface area contributed by atoms with Gasteiger partial charge >= 0.3 is 0 Å². The number of methoxy groups -OCH3 is 1. The van der Waals surface area contributed by atoms with Crippen LogP contribution in [0.15, 0.2) is 17.0 Å². The Balaban J connectivity index is 3.22. The number of benzene rings is 1.